The van der Waals surface area contributed by atoms with Crippen LogP contribution in [0, 0.1) is 10.1 Å². The molecule has 110 valence electrons. The van der Waals surface area contributed by atoms with Gasteiger partial charge in [0.1, 0.15) is 11.6 Å². The van der Waals surface area contributed by atoms with Gasteiger partial charge < -0.3 is 10.5 Å². The summed E-state index contributed by atoms with van der Waals surface area (Å²) in [6.45, 7) is 2.00. The lowest BCUT2D eigenvalue weighted by Gasteiger charge is -2.08. The summed E-state index contributed by atoms with van der Waals surface area (Å²) in [4.78, 5) is 18.6. The maximum absolute atomic E-state index is 10.8. The van der Waals surface area contributed by atoms with Gasteiger partial charge >= 0.3 is 0 Å². The van der Waals surface area contributed by atoms with Crippen molar-refractivity contribution >= 4 is 27.4 Å². The Kier molecular flexibility index (Phi) is 4.69. The van der Waals surface area contributed by atoms with Gasteiger partial charge in [-0.15, -0.1) is 0 Å². The van der Waals surface area contributed by atoms with Crippen LogP contribution in [0.2, 0.25) is 0 Å². The first-order chi connectivity index (χ1) is 9.99. The molecule has 2 rings (SSSR count). The monoisotopic (exact) mass is 352 g/mol. The maximum atomic E-state index is 10.8. The molecular formula is C13H13BrN4O3. The summed E-state index contributed by atoms with van der Waals surface area (Å²) >= 11 is 3.28. The van der Waals surface area contributed by atoms with E-state index in [1.54, 1.807) is 6.07 Å². The van der Waals surface area contributed by atoms with Crippen LogP contribution in [0.3, 0.4) is 0 Å². The molecule has 0 saturated heterocycles. The zero-order valence-corrected chi connectivity index (χ0v) is 12.8. The normalized spacial score (nSPS) is 10.4. The van der Waals surface area contributed by atoms with Crippen LogP contribution in [0.5, 0.6) is 11.6 Å². The summed E-state index contributed by atoms with van der Waals surface area (Å²) in [5.41, 5.74) is 5.64. The Morgan fingerprint density at radius 1 is 1.38 bits per heavy atom. The summed E-state index contributed by atoms with van der Waals surface area (Å²) in [7, 11) is 0. The number of nitro groups is 1. The average molecular weight is 353 g/mol. The van der Waals surface area contributed by atoms with Gasteiger partial charge in [-0.25, -0.2) is 4.98 Å². The second kappa shape index (κ2) is 6.49. The van der Waals surface area contributed by atoms with Crippen molar-refractivity contribution in [2.75, 3.05) is 5.73 Å². The van der Waals surface area contributed by atoms with Crippen LogP contribution < -0.4 is 10.5 Å². The highest BCUT2D eigenvalue weighted by Gasteiger charge is 2.12. The summed E-state index contributed by atoms with van der Waals surface area (Å²) in [5.74, 6) is 1.43. The van der Waals surface area contributed by atoms with Gasteiger partial charge in [0.2, 0.25) is 5.88 Å². The van der Waals surface area contributed by atoms with E-state index in [-0.39, 0.29) is 11.6 Å². The highest BCUT2D eigenvalue weighted by Crippen LogP contribution is 2.32. The summed E-state index contributed by atoms with van der Waals surface area (Å²) in [5, 5.41) is 10.8. The van der Waals surface area contributed by atoms with Crippen LogP contribution in [-0.2, 0) is 6.42 Å². The highest BCUT2D eigenvalue weighted by molar-refractivity contribution is 9.10. The van der Waals surface area contributed by atoms with Crippen LogP contribution in [-0.4, -0.2) is 14.9 Å². The molecular weight excluding hydrogens is 340 g/mol. The van der Waals surface area contributed by atoms with Crippen molar-refractivity contribution < 1.29 is 9.66 Å². The van der Waals surface area contributed by atoms with E-state index in [9.17, 15) is 10.1 Å². The van der Waals surface area contributed by atoms with E-state index < -0.39 is 4.92 Å². The molecule has 2 aromatic rings. The number of aryl methyl sites for hydroxylation is 1. The molecule has 8 heteroatoms. The molecule has 0 fully saturated rings. The predicted molar refractivity (Wildman–Crippen MR) is 81.3 cm³/mol. The standard InChI is InChI=1S/C13H13BrN4O3/c1-2-3-12-16-11(15)7-13(17-12)21-10-6-8(18(19)20)4-5-9(10)14/h4-7H,2-3H2,1H3,(H2,15,16,17). The van der Waals surface area contributed by atoms with E-state index in [1.165, 1.54) is 18.2 Å². The molecule has 21 heavy (non-hydrogen) atoms. The molecule has 0 aliphatic carbocycles. The number of anilines is 1. The fourth-order valence-corrected chi connectivity index (χ4v) is 2.00. The maximum Gasteiger partial charge on any atom is 0.273 e. The van der Waals surface area contributed by atoms with Crippen molar-refractivity contribution in [1.82, 2.24) is 9.97 Å². The molecule has 0 saturated carbocycles. The Morgan fingerprint density at radius 3 is 2.81 bits per heavy atom. The molecule has 0 amide bonds. The Hall–Kier alpha value is -2.22. The third kappa shape index (κ3) is 3.88. The fraction of sp³-hybridized carbons (Fsp3) is 0.231. The smallest absolute Gasteiger partial charge is 0.273 e. The number of aromatic nitrogens is 2. The van der Waals surface area contributed by atoms with Crippen molar-refractivity contribution in [3.63, 3.8) is 0 Å². The molecule has 2 N–H and O–H groups in total. The number of hydrogen-bond donors (Lipinski definition) is 1. The van der Waals surface area contributed by atoms with Crippen LogP contribution in [0.1, 0.15) is 19.2 Å². The Morgan fingerprint density at radius 2 is 2.14 bits per heavy atom. The number of ether oxygens (including phenoxy) is 1. The van der Waals surface area contributed by atoms with E-state index >= 15 is 0 Å². The van der Waals surface area contributed by atoms with Crippen LogP contribution in [0.25, 0.3) is 0 Å². The minimum Gasteiger partial charge on any atom is -0.437 e. The molecule has 1 aromatic carbocycles. The van der Waals surface area contributed by atoms with E-state index in [1.807, 2.05) is 6.92 Å². The second-order valence-corrected chi connectivity index (χ2v) is 5.13. The number of nitro benzene ring substituents is 1. The van der Waals surface area contributed by atoms with Crippen molar-refractivity contribution in [2.24, 2.45) is 0 Å². The highest BCUT2D eigenvalue weighted by atomic mass is 79.9. The van der Waals surface area contributed by atoms with Gasteiger partial charge in [0.15, 0.2) is 5.75 Å². The fourth-order valence-electron chi connectivity index (χ4n) is 1.68. The number of nitrogens with two attached hydrogens (primary N) is 1. The SMILES string of the molecule is CCCc1nc(N)cc(Oc2cc([N+](=O)[O-])ccc2Br)n1. The van der Waals surface area contributed by atoms with Crippen LogP contribution in [0.15, 0.2) is 28.7 Å². The lowest BCUT2D eigenvalue weighted by Crippen LogP contribution is -2.01. The molecule has 0 unspecified atom stereocenters. The van der Waals surface area contributed by atoms with E-state index in [2.05, 4.69) is 25.9 Å². The minimum atomic E-state index is -0.490. The Labute approximate surface area is 129 Å². The van der Waals surface area contributed by atoms with Gasteiger partial charge in [0.25, 0.3) is 5.69 Å². The van der Waals surface area contributed by atoms with Crippen molar-refractivity contribution in [1.29, 1.82) is 0 Å². The first-order valence-electron chi connectivity index (χ1n) is 6.25. The zero-order valence-electron chi connectivity index (χ0n) is 11.2. The molecule has 0 aliphatic heterocycles. The lowest BCUT2D eigenvalue weighted by molar-refractivity contribution is -0.384. The summed E-state index contributed by atoms with van der Waals surface area (Å²) < 4.78 is 6.17. The van der Waals surface area contributed by atoms with Crippen molar-refractivity contribution in [3.8, 4) is 11.6 Å². The molecule has 0 bridgehead atoms. The third-order valence-electron chi connectivity index (χ3n) is 2.58. The number of rotatable bonds is 5. The Bertz CT molecular complexity index is 678. The van der Waals surface area contributed by atoms with Gasteiger partial charge in [-0.3, -0.25) is 10.1 Å². The quantitative estimate of drug-likeness (QED) is 0.652. The van der Waals surface area contributed by atoms with Gasteiger partial charge in [-0.05, 0) is 28.4 Å². The lowest BCUT2D eigenvalue weighted by atomic mass is 10.3. The minimum absolute atomic E-state index is 0.0657. The predicted octanol–water partition coefficient (Wildman–Crippen LogP) is 3.47. The van der Waals surface area contributed by atoms with Crippen LogP contribution in [0.4, 0.5) is 11.5 Å². The average Bonchev–Trinajstić information content (AvgIpc) is 2.40. The molecule has 0 aliphatic rings. The third-order valence-corrected chi connectivity index (χ3v) is 3.24. The number of halogens is 1. The first-order valence-corrected chi connectivity index (χ1v) is 7.04. The molecule has 0 radical (unpaired) electrons. The zero-order chi connectivity index (χ0) is 15.4. The van der Waals surface area contributed by atoms with Gasteiger partial charge in [-0.2, -0.15) is 4.98 Å². The second-order valence-electron chi connectivity index (χ2n) is 4.27. The number of benzene rings is 1. The first kappa shape index (κ1) is 15.2. The van der Waals surface area contributed by atoms with E-state index in [0.29, 0.717) is 28.3 Å². The number of hydrogen-bond acceptors (Lipinski definition) is 6. The van der Waals surface area contributed by atoms with Crippen molar-refractivity contribution in [2.45, 2.75) is 19.8 Å². The molecule has 0 atom stereocenters. The molecule has 1 heterocycles. The van der Waals surface area contributed by atoms with Crippen molar-refractivity contribution in [3.05, 3.63) is 44.7 Å². The van der Waals surface area contributed by atoms with E-state index in [4.69, 9.17) is 10.5 Å². The summed E-state index contributed by atoms with van der Waals surface area (Å²) in [6.07, 6.45) is 1.56. The molecule has 1 aromatic heterocycles. The van der Waals surface area contributed by atoms with Gasteiger partial charge in [0.05, 0.1) is 15.5 Å². The molecule has 0 spiro atoms. The topological polar surface area (TPSA) is 104 Å². The number of non-ortho nitro benzene ring substituents is 1. The largest absolute Gasteiger partial charge is 0.437 e. The van der Waals surface area contributed by atoms with E-state index in [0.717, 1.165) is 6.42 Å². The number of nitrogen functional groups attached to an aromatic ring is 1. The van der Waals surface area contributed by atoms with Gasteiger partial charge in [-0.1, -0.05) is 6.92 Å². The Balaban J connectivity index is 2.33. The number of nitrogens with zero attached hydrogens (tertiary/aromatic N) is 3. The van der Waals surface area contributed by atoms with Crippen LogP contribution >= 0.6 is 15.9 Å². The van der Waals surface area contributed by atoms with Gasteiger partial charge in [0, 0.05) is 18.6 Å². The molecule has 7 nitrogen and oxygen atoms in total. The summed E-state index contributed by atoms with van der Waals surface area (Å²) in [6, 6.07) is 5.73.